The number of alkyl halides is 5. The summed E-state index contributed by atoms with van der Waals surface area (Å²) in [5, 5.41) is 65.7. The maximum Gasteiger partial charge on any atom is 0.330 e. The van der Waals surface area contributed by atoms with E-state index in [1.54, 1.807) is 69.4 Å². The second-order valence-electron chi connectivity index (χ2n) is 28.3. The number of carbonyl (C=O) groups excluding carboxylic acids is 7. The Morgan fingerprint density at radius 3 is 1.18 bits per heavy atom. The molecule has 702 valence electrons. The lowest BCUT2D eigenvalue weighted by molar-refractivity contribution is -0.182. The van der Waals surface area contributed by atoms with E-state index in [0.717, 1.165) is 25.7 Å². The Kier molecular flexibility index (Phi) is 66.1. The number of hydrogen-bond donors (Lipinski definition) is 6. The van der Waals surface area contributed by atoms with Gasteiger partial charge in [0, 0.05) is 40.6 Å². The largest absolute Gasteiger partial charge is 0.465 e. The van der Waals surface area contributed by atoms with E-state index < -0.39 is 145 Å². The average molecular weight is 1810 g/mol. The number of aliphatic hydroxyl groups is 6. The van der Waals surface area contributed by atoms with Crippen LogP contribution in [-0.4, -0.2) is 252 Å². The molecule has 8 aliphatic heterocycles. The lowest BCUT2D eigenvalue weighted by Crippen LogP contribution is -2.50. The van der Waals surface area contributed by atoms with Gasteiger partial charge in [-0.2, -0.15) is 0 Å². The third-order valence-corrected chi connectivity index (χ3v) is 21.1. The van der Waals surface area contributed by atoms with Gasteiger partial charge in [0.25, 0.3) is 0 Å². The fourth-order valence-electron chi connectivity index (χ4n) is 11.1. The van der Waals surface area contributed by atoms with Gasteiger partial charge in [0.1, 0.15) is 70.1 Å². The van der Waals surface area contributed by atoms with Crippen LogP contribution in [0.3, 0.4) is 0 Å². The molecule has 6 N–H and O–H groups in total. The average Bonchev–Trinajstić information content (AvgIpc) is 1.63. The van der Waals surface area contributed by atoms with E-state index >= 15 is 0 Å². The zero-order valence-electron chi connectivity index (χ0n) is 66.6. The fourth-order valence-corrected chi connectivity index (χ4v) is 11.9. The van der Waals surface area contributed by atoms with Gasteiger partial charge in [-0.3, -0.25) is 33.6 Å². The zero-order valence-corrected chi connectivity index (χ0v) is 70.4. The molecule has 25 atom stereocenters. The normalized spacial score (nSPS) is 34.1. The van der Waals surface area contributed by atoms with Crippen molar-refractivity contribution in [3.8, 4) is 0 Å². The van der Waals surface area contributed by atoms with Gasteiger partial charge in [0.15, 0.2) is 51.0 Å². The van der Waals surface area contributed by atoms with E-state index in [9.17, 15) is 54.0 Å². The number of aliphatic hydroxyl groups excluding tert-OH is 6. The first-order valence-electron chi connectivity index (χ1n) is 35.4. The van der Waals surface area contributed by atoms with Crippen LogP contribution in [0.5, 0.6) is 0 Å². The number of halogens is 5. The highest BCUT2D eigenvalue weighted by atomic mass is 35.5. The minimum atomic E-state index is -1.54. The van der Waals surface area contributed by atoms with Gasteiger partial charge < -0.3 is 97.0 Å². The Labute approximate surface area is 728 Å². The summed E-state index contributed by atoms with van der Waals surface area (Å²) in [5.41, 5.74) is 22.6. The third kappa shape index (κ3) is 36.1. The summed E-state index contributed by atoms with van der Waals surface area (Å²) in [5.74, 6) is -4.64. The minimum absolute atomic E-state index is 0. The summed E-state index contributed by atoms with van der Waals surface area (Å²) in [6.07, 6.45) is -4.83. The lowest BCUT2D eigenvalue weighted by Gasteiger charge is -2.29. The van der Waals surface area contributed by atoms with Crippen molar-refractivity contribution in [2.75, 3.05) is 46.8 Å². The Morgan fingerprint density at radius 1 is 0.551 bits per heavy atom. The van der Waals surface area contributed by atoms with Crippen LogP contribution < -0.4 is 0 Å². The molecule has 0 spiro atoms. The number of rotatable bonds is 17. The van der Waals surface area contributed by atoms with Crippen LogP contribution in [0.2, 0.25) is 0 Å². The van der Waals surface area contributed by atoms with Crippen LogP contribution in [0, 0.1) is 23.7 Å². The highest BCUT2D eigenvalue weighted by Crippen LogP contribution is 2.43. The highest BCUT2D eigenvalue weighted by Gasteiger charge is 2.57. The van der Waals surface area contributed by atoms with E-state index in [1.165, 1.54) is 27.7 Å². The summed E-state index contributed by atoms with van der Waals surface area (Å²) in [6.45, 7) is 40.5. The molecule has 0 aromatic carbocycles. The number of cyclic esters (lactones) is 4. The predicted molar refractivity (Wildman–Crippen MR) is 457 cm³/mol. The smallest absolute Gasteiger partial charge is 0.330 e. The van der Waals surface area contributed by atoms with Crippen molar-refractivity contribution >= 4 is 99.8 Å². The second-order valence-corrected chi connectivity index (χ2v) is 32.1. The van der Waals surface area contributed by atoms with Crippen molar-refractivity contribution in [3.05, 3.63) is 31.3 Å². The van der Waals surface area contributed by atoms with Crippen LogP contribution in [0.1, 0.15) is 252 Å². The first-order valence-corrected chi connectivity index (χ1v) is 37.4. The first-order chi connectivity index (χ1) is 50.1. The molecule has 118 heavy (non-hydrogen) atoms. The lowest BCUT2D eigenvalue weighted by atomic mass is 9.85. The fraction of sp³-hybridized carbons (Fsp3) is 0.909. The molecule has 0 aliphatic carbocycles. The third-order valence-electron chi connectivity index (χ3n) is 19.3. The molecule has 41 heteroatoms. The number of hydrogen-bond acceptors (Lipinski definition) is 30. The molecule has 0 bridgehead atoms. The van der Waals surface area contributed by atoms with Crippen molar-refractivity contribution in [3.63, 3.8) is 0 Å². The number of nitrogens with zero attached hydrogens (tertiary/aromatic N) is 9. The Bertz CT molecular complexity index is 3000. The van der Waals surface area contributed by atoms with Crippen molar-refractivity contribution in [2.24, 2.45) is 39.0 Å². The molecular formula is C77H152Cl5N9O27. The number of methoxy groups -OCH3 is 1. The van der Waals surface area contributed by atoms with E-state index in [4.69, 9.17) is 137 Å². The predicted octanol–water partition coefficient (Wildman–Crippen LogP) is 15.4. The minimum Gasteiger partial charge on any atom is -0.465 e. The summed E-state index contributed by atoms with van der Waals surface area (Å²) < 4.78 is 70.7. The molecule has 4 unspecified atom stereocenters. The maximum absolute atomic E-state index is 11.6. The van der Waals surface area contributed by atoms with Crippen molar-refractivity contribution < 1.29 is 131 Å². The Hall–Kier alpha value is -4.85. The van der Waals surface area contributed by atoms with Crippen LogP contribution in [0.25, 0.3) is 31.3 Å². The van der Waals surface area contributed by atoms with Gasteiger partial charge in [-0.15, -0.1) is 58.0 Å². The van der Waals surface area contributed by atoms with Gasteiger partial charge in [-0.05, 0) is 151 Å². The van der Waals surface area contributed by atoms with Crippen molar-refractivity contribution in [1.29, 1.82) is 0 Å². The molecule has 0 aromatic heterocycles. The molecule has 8 fully saturated rings. The highest BCUT2D eigenvalue weighted by molar-refractivity contribution is 6.36. The van der Waals surface area contributed by atoms with E-state index in [2.05, 4.69) is 44.3 Å². The SMILES string of the molecule is C.C.C.C.C.C.C.C.C.CCOC(=O)C(C)(Cl)[C@H](O)[C@H]1COC(C)(C)O1.CCOC(=O)C(C)Cl.CC[C@H]1OC(=O)[C@@](C)(Cl)[C@@H]1C.CC[C@H]1OC(=O)[C@](C)(N=[N+]=[N-])[C@@H]1C.CC[C@H]1OC(O)[C@](C)(N=[N+]=[N-])[C@@H]1C.CC[C@H]1OC(OC(C)=O)[C@](C)(N=[N+]=[N-])[C@@H]1C.CO[C@H]1COC(C)(C)O1.C[C@@]1(Cl)C(=O)O[C@H](CO)[C@H]1O.C[C@]1(Cl)C(=O)O[C@H](CO)[C@H]1O. The topological polar surface area (TPSA) is 516 Å². The van der Waals surface area contributed by atoms with Crippen LogP contribution in [0.15, 0.2) is 15.3 Å². The number of azide groups is 3. The molecule has 0 aromatic rings. The molecule has 8 rings (SSSR count). The van der Waals surface area contributed by atoms with Gasteiger partial charge in [-0.1, -0.05) is 138 Å². The van der Waals surface area contributed by atoms with Gasteiger partial charge >= 0.3 is 41.8 Å². The maximum atomic E-state index is 11.6. The summed E-state index contributed by atoms with van der Waals surface area (Å²) in [4.78, 5) is 80.2. The standard InChI is InChI=1S/C11H19ClO5.C10H17N3O3.C8H13ClO2.C8H15N3O2.C8H13N3O2.2C6H9ClO4.C6H12O3.C5H9ClO2.9CH4/c1-5-15-9(14)11(4,12)8(13)7-6-16-10(2,3)17-7;1-5-8-6(2)10(4,12-13-11)9(16-8)15-7(3)14;1-4-6-5(2)8(3,9)7(10)11-6;2*1-4-6-5(2)8(3,10-11-9)7(12)13-6;2*1-6(7)4(9)3(2-8)11-5(6)10;1-6(2)8-4-5(7-3)9-6;1-3-8-5(7)4(2)6;;;;;;;;;/h7-8,13H,5-6H2,1-4H3;6,8-9H,5H2,1-4H3;5-6H,4H2,1-3H3;5-7,12H,4H2,1-3H3;5-6H,4H2,1-3H3;2*3-4,8-9H,2H2,1H3;5H,4H2,1-3H3;4H,3H2,1-2H3;9*1H4/t7-,8-,11?;6-,8-,9?,10-;5-,6-,8+;5-,6-,7?,8-;5-,6-,8-;3-,4-,6+;3-,4-,6-;5-;;;;;;;;;;/m11111111........../s1. The second kappa shape index (κ2) is 58.3. The van der Waals surface area contributed by atoms with Crippen molar-refractivity contribution in [1.82, 2.24) is 0 Å². The number of esters is 7. The van der Waals surface area contributed by atoms with Crippen LogP contribution in [0.4, 0.5) is 0 Å². The molecule has 36 nitrogen and oxygen atoms in total. The van der Waals surface area contributed by atoms with Gasteiger partial charge in [0.2, 0.25) is 6.29 Å². The van der Waals surface area contributed by atoms with E-state index in [-0.39, 0.29) is 146 Å². The number of carbonyl (C=O) groups is 7. The quantitative estimate of drug-likeness (QED) is 0.0197. The monoisotopic (exact) mass is 1810 g/mol. The summed E-state index contributed by atoms with van der Waals surface area (Å²) in [6, 6.07) is 0. The van der Waals surface area contributed by atoms with Gasteiger partial charge in [0.05, 0.1) is 45.2 Å². The Balaban J connectivity index is -0.000000139. The summed E-state index contributed by atoms with van der Waals surface area (Å²) in [7, 11) is 1.61. The molecule has 8 saturated heterocycles. The van der Waals surface area contributed by atoms with E-state index in [1.807, 2.05) is 69.2 Å². The zero-order chi connectivity index (χ0) is 85.1. The van der Waals surface area contributed by atoms with Crippen LogP contribution in [-0.2, 0) is 99.9 Å². The Morgan fingerprint density at radius 2 is 0.915 bits per heavy atom. The van der Waals surface area contributed by atoms with E-state index in [0.29, 0.717) is 13.2 Å². The molecule has 0 saturated carbocycles. The van der Waals surface area contributed by atoms with Crippen LogP contribution >= 0.6 is 58.0 Å². The molecule has 0 amide bonds. The molecule has 8 aliphatic rings. The molecular weight excluding hydrogens is 1660 g/mol. The number of ether oxygens (including phenoxy) is 14. The summed E-state index contributed by atoms with van der Waals surface area (Å²) >= 11 is 28.5. The molecule has 0 radical (unpaired) electrons. The molecule has 8 heterocycles. The van der Waals surface area contributed by atoms with Gasteiger partial charge in [-0.25, -0.2) is 0 Å². The first kappa shape index (κ1) is 134. The van der Waals surface area contributed by atoms with Crippen molar-refractivity contribution in [2.45, 2.75) is 385 Å².